The van der Waals surface area contributed by atoms with Crippen LogP contribution >= 0.6 is 22.6 Å². The molecule has 0 saturated carbocycles. The number of ether oxygens (including phenoxy) is 1. The fourth-order valence-electron chi connectivity index (χ4n) is 1.17. The molecule has 0 atom stereocenters. The molecule has 0 heterocycles. The second kappa shape index (κ2) is 6.05. The smallest absolute Gasteiger partial charge is 0.306 e. The molecule has 0 aromatic heterocycles. The Morgan fingerprint density at radius 1 is 1.53 bits per heavy atom. The predicted molar refractivity (Wildman–Crippen MR) is 64.1 cm³/mol. The predicted octanol–water partition coefficient (Wildman–Crippen LogP) is 2.93. The van der Waals surface area contributed by atoms with Gasteiger partial charge in [0.2, 0.25) is 0 Å². The van der Waals surface area contributed by atoms with Gasteiger partial charge in [0.1, 0.15) is 5.82 Å². The number of rotatable bonds is 4. The third kappa shape index (κ3) is 4.15. The van der Waals surface area contributed by atoms with Crippen LogP contribution in [0.2, 0.25) is 0 Å². The fraction of sp³-hybridized carbons (Fsp3) is 0.364. The summed E-state index contributed by atoms with van der Waals surface area (Å²) in [7, 11) is 0. The van der Waals surface area contributed by atoms with Crippen molar-refractivity contribution in [1.29, 1.82) is 0 Å². The van der Waals surface area contributed by atoms with Crippen molar-refractivity contribution >= 4 is 28.6 Å². The minimum Gasteiger partial charge on any atom is -0.466 e. The molecule has 0 radical (unpaired) electrons. The van der Waals surface area contributed by atoms with E-state index in [2.05, 4.69) is 0 Å². The van der Waals surface area contributed by atoms with Crippen LogP contribution in [0.1, 0.15) is 18.9 Å². The van der Waals surface area contributed by atoms with Crippen molar-refractivity contribution in [3.8, 4) is 0 Å². The zero-order valence-corrected chi connectivity index (χ0v) is 10.6. The van der Waals surface area contributed by atoms with Crippen LogP contribution in [0.15, 0.2) is 18.2 Å². The van der Waals surface area contributed by atoms with Crippen LogP contribution in [-0.4, -0.2) is 12.6 Å². The Morgan fingerprint density at radius 2 is 2.27 bits per heavy atom. The lowest BCUT2D eigenvalue weighted by atomic mass is 10.1. The van der Waals surface area contributed by atoms with Crippen molar-refractivity contribution in [3.63, 3.8) is 0 Å². The molecule has 1 aromatic carbocycles. The minimum absolute atomic E-state index is 0.211. The van der Waals surface area contributed by atoms with Gasteiger partial charge in [-0.2, -0.15) is 0 Å². The first kappa shape index (κ1) is 12.4. The number of carbonyl (C=O) groups excluding carboxylic acids is 1. The van der Waals surface area contributed by atoms with Crippen molar-refractivity contribution in [2.24, 2.45) is 0 Å². The molecule has 1 aromatic rings. The molecule has 0 amide bonds. The molecule has 82 valence electrons. The van der Waals surface area contributed by atoms with Gasteiger partial charge >= 0.3 is 5.97 Å². The summed E-state index contributed by atoms with van der Waals surface area (Å²) in [5.74, 6) is -0.438. The van der Waals surface area contributed by atoms with Gasteiger partial charge in [0.25, 0.3) is 0 Å². The van der Waals surface area contributed by atoms with Gasteiger partial charge in [-0.3, -0.25) is 4.79 Å². The molecule has 0 aliphatic carbocycles. The zero-order chi connectivity index (χ0) is 11.3. The van der Waals surface area contributed by atoms with E-state index in [9.17, 15) is 9.18 Å². The largest absolute Gasteiger partial charge is 0.466 e. The van der Waals surface area contributed by atoms with Gasteiger partial charge in [-0.05, 0) is 53.6 Å². The van der Waals surface area contributed by atoms with Gasteiger partial charge in [0.05, 0.1) is 6.61 Å². The molecule has 15 heavy (non-hydrogen) atoms. The van der Waals surface area contributed by atoms with Gasteiger partial charge in [-0.1, -0.05) is 6.07 Å². The molecule has 0 saturated heterocycles. The van der Waals surface area contributed by atoms with Crippen molar-refractivity contribution in [2.75, 3.05) is 6.61 Å². The van der Waals surface area contributed by atoms with Crippen LogP contribution in [-0.2, 0) is 16.0 Å². The number of benzene rings is 1. The molecule has 0 N–H and O–H groups in total. The van der Waals surface area contributed by atoms with E-state index in [1.807, 2.05) is 22.6 Å². The molecular weight excluding hydrogens is 310 g/mol. The van der Waals surface area contributed by atoms with Gasteiger partial charge in [-0.15, -0.1) is 0 Å². The third-order valence-corrected chi connectivity index (χ3v) is 2.73. The molecule has 2 nitrogen and oxygen atoms in total. The summed E-state index contributed by atoms with van der Waals surface area (Å²) in [6.45, 7) is 2.18. The summed E-state index contributed by atoms with van der Waals surface area (Å²) in [4.78, 5) is 11.1. The highest BCUT2D eigenvalue weighted by molar-refractivity contribution is 14.1. The van der Waals surface area contributed by atoms with E-state index in [4.69, 9.17) is 4.74 Å². The monoisotopic (exact) mass is 322 g/mol. The van der Waals surface area contributed by atoms with Crippen LogP contribution in [0.3, 0.4) is 0 Å². The highest BCUT2D eigenvalue weighted by Gasteiger charge is 2.04. The Kier molecular flexibility index (Phi) is 5.01. The van der Waals surface area contributed by atoms with Gasteiger partial charge in [0, 0.05) is 9.99 Å². The third-order valence-electron chi connectivity index (χ3n) is 1.91. The summed E-state index contributed by atoms with van der Waals surface area (Å²) in [5, 5.41) is 0. The van der Waals surface area contributed by atoms with Gasteiger partial charge in [0.15, 0.2) is 0 Å². The standard InChI is InChI=1S/C11H12FIO2/c1-2-15-11(14)6-4-8-3-5-9(12)10(13)7-8/h3,5,7H,2,4,6H2,1H3. The van der Waals surface area contributed by atoms with Gasteiger partial charge in [-0.25, -0.2) is 4.39 Å². The van der Waals surface area contributed by atoms with Crippen LogP contribution in [0.5, 0.6) is 0 Å². The molecule has 0 fully saturated rings. The average Bonchev–Trinajstić information content (AvgIpc) is 2.20. The molecule has 0 bridgehead atoms. The molecule has 1 rings (SSSR count). The van der Waals surface area contributed by atoms with Crippen LogP contribution in [0, 0.1) is 9.39 Å². The fourth-order valence-corrected chi connectivity index (χ4v) is 1.75. The Hall–Kier alpha value is -0.650. The summed E-state index contributed by atoms with van der Waals surface area (Å²) in [5.41, 5.74) is 0.953. The molecule has 0 unspecified atom stereocenters. The highest BCUT2D eigenvalue weighted by atomic mass is 127. The lowest BCUT2D eigenvalue weighted by Gasteiger charge is -2.03. The van der Waals surface area contributed by atoms with E-state index >= 15 is 0 Å². The summed E-state index contributed by atoms with van der Waals surface area (Å²) >= 11 is 1.93. The number of halogens is 2. The highest BCUT2D eigenvalue weighted by Crippen LogP contribution is 2.14. The van der Waals surface area contributed by atoms with Crippen molar-refractivity contribution in [1.82, 2.24) is 0 Å². The Labute approximate surface area is 102 Å². The molecular formula is C11H12FIO2. The van der Waals surface area contributed by atoms with E-state index in [0.717, 1.165) is 5.56 Å². The van der Waals surface area contributed by atoms with Crippen molar-refractivity contribution < 1.29 is 13.9 Å². The molecule has 0 aliphatic rings. The van der Waals surface area contributed by atoms with Crippen LogP contribution < -0.4 is 0 Å². The van der Waals surface area contributed by atoms with Gasteiger partial charge < -0.3 is 4.74 Å². The number of carbonyl (C=O) groups is 1. The SMILES string of the molecule is CCOC(=O)CCc1ccc(F)c(I)c1. The summed E-state index contributed by atoms with van der Waals surface area (Å²) in [6, 6.07) is 4.86. The van der Waals surface area contributed by atoms with Crippen LogP contribution in [0.25, 0.3) is 0 Å². The van der Waals surface area contributed by atoms with Crippen LogP contribution in [0.4, 0.5) is 4.39 Å². The molecule has 0 aliphatic heterocycles. The van der Waals surface area contributed by atoms with E-state index in [1.54, 1.807) is 19.1 Å². The number of hydrogen-bond acceptors (Lipinski definition) is 2. The van der Waals surface area contributed by atoms with E-state index in [-0.39, 0.29) is 11.8 Å². The lowest BCUT2D eigenvalue weighted by Crippen LogP contribution is -2.05. The van der Waals surface area contributed by atoms with E-state index in [0.29, 0.717) is 23.0 Å². The first-order valence-electron chi connectivity index (χ1n) is 4.73. The number of esters is 1. The summed E-state index contributed by atoms with van der Waals surface area (Å²) < 4.78 is 18.3. The maximum atomic E-state index is 12.9. The normalized spacial score (nSPS) is 10.1. The quantitative estimate of drug-likeness (QED) is 0.629. The van der Waals surface area contributed by atoms with Crippen molar-refractivity contribution in [3.05, 3.63) is 33.1 Å². The lowest BCUT2D eigenvalue weighted by molar-refractivity contribution is -0.143. The summed E-state index contributed by atoms with van der Waals surface area (Å²) in [6.07, 6.45) is 0.935. The molecule has 0 spiro atoms. The number of aryl methyl sites for hydroxylation is 1. The Balaban J connectivity index is 2.51. The van der Waals surface area contributed by atoms with E-state index < -0.39 is 0 Å². The maximum absolute atomic E-state index is 12.9. The number of hydrogen-bond donors (Lipinski definition) is 0. The first-order chi connectivity index (χ1) is 7.13. The second-order valence-electron chi connectivity index (χ2n) is 3.05. The Morgan fingerprint density at radius 3 is 2.87 bits per heavy atom. The van der Waals surface area contributed by atoms with E-state index in [1.165, 1.54) is 6.07 Å². The second-order valence-corrected chi connectivity index (χ2v) is 4.22. The van der Waals surface area contributed by atoms with Crippen molar-refractivity contribution in [2.45, 2.75) is 19.8 Å². The zero-order valence-electron chi connectivity index (χ0n) is 8.43. The topological polar surface area (TPSA) is 26.3 Å². The minimum atomic E-state index is -0.226. The Bertz CT molecular complexity index is 352. The average molecular weight is 322 g/mol. The maximum Gasteiger partial charge on any atom is 0.306 e. The first-order valence-corrected chi connectivity index (χ1v) is 5.81. The molecule has 4 heteroatoms.